The summed E-state index contributed by atoms with van der Waals surface area (Å²) in [5, 5.41) is 12.0. The normalized spacial score (nSPS) is 37.6. The minimum absolute atomic E-state index is 0.551. The van der Waals surface area contributed by atoms with Gasteiger partial charge in [-0.2, -0.15) is 0 Å². The highest BCUT2D eigenvalue weighted by Gasteiger charge is 2.67. The van der Waals surface area contributed by atoms with E-state index >= 15 is 0 Å². The predicted octanol–water partition coefficient (Wildman–Crippen LogP) is 2.76. The first kappa shape index (κ1) is 12.8. The summed E-state index contributed by atoms with van der Waals surface area (Å²) >= 11 is 0. The van der Waals surface area contributed by atoms with Crippen LogP contribution in [0.15, 0.2) is 4.42 Å². The smallest absolute Gasteiger partial charge is 0.220 e. The predicted molar refractivity (Wildman–Crippen MR) is 76.3 cm³/mol. The van der Waals surface area contributed by atoms with Crippen LogP contribution in [-0.4, -0.2) is 22.8 Å². The second kappa shape index (κ2) is 4.83. The van der Waals surface area contributed by atoms with E-state index in [1.165, 1.54) is 19.3 Å². The van der Waals surface area contributed by atoms with Crippen LogP contribution in [-0.2, 0) is 6.42 Å². The summed E-state index contributed by atoms with van der Waals surface area (Å²) in [5.74, 6) is 6.14. The molecule has 3 aliphatic rings. The molecule has 3 saturated carbocycles. The third-order valence-corrected chi connectivity index (χ3v) is 5.62. The Morgan fingerprint density at radius 3 is 2.65 bits per heavy atom. The molecule has 2 bridgehead atoms. The first-order valence-electron chi connectivity index (χ1n) is 8.29. The van der Waals surface area contributed by atoms with Gasteiger partial charge < -0.3 is 9.73 Å². The Morgan fingerprint density at radius 1 is 1.20 bits per heavy atom. The van der Waals surface area contributed by atoms with Gasteiger partial charge in [0.1, 0.15) is 0 Å². The molecule has 20 heavy (non-hydrogen) atoms. The van der Waals surface area contributed by atoms with Gasteiger partial charge in [-0.3, -0.25) is 0 Å². The maximum absolute atomic E-state index is 5.93. The molecule has 4 atom stereocenters. The van der Waals surface area contributed by atoms with Crippen LogP contribution in [0.5, 0.6) is 0 Å². The summed E-state index contributed by atoms with van der Waals surface area (Å²) < 4.78 is 5.93. The molecule has 1 N–H and O–H groups in total. The molecule has 4 heteroatoms. The number of rotatable bonds is 6. The van der Waals surface area contributed by atoms with Gasteiger partial charge in [0, 0.05) is 18.4 Å². The quantitative estimate of drug-likeness (QED) is 0.811. The van der Waals surface area contributed by atoms with Crippen LogP contribution in [0.25, 0.3) is 0 Å². The second-order valence-electron chi connectivity index (χ2n) is 7.26. The average Bonchev–Trinajstić information content (AvgIpc) is 2.84. The van der Waals surface area contributed by atoms with Gasteiger partial charge in [-0.15, -0.1) is 10.2 Å². The zero-order valence-electron chi connectivity index (χ0n) is 12.5. The zero-order chi connectivity index (χ0) is 13.7. The molecule has 1 aromatic rings. The Bertz CT molecular complexity index is 468. The summed E-state index contributed by atoms with van der Waals surface area (Å²) in [7, 11) is 0. The van der Waals surface area contributed by atoms with Crippen LogP contribution in [0.2, 0.25) is 0 Å². The maximum atomic E-state index is 5.93. The van der Waals surface area contributed by atoms with E-state index in [4.69, 9.17) is 4.42 Å². The molecule has 3 fully saturated rings. The van der Waals surface area contributed by atoms with Gasteiger partial charge in [0.25, 0.3) is 0 Å². The highest BCUT2D eigenvalue weighted by Crippen LogP contribution is 2.72. The number of aryl methyl sites for hydroxylation is 1. The summed E-state index contributed by atoms with van der Waals surface area (Å²) in [6, 6.07) is 0.551. The second-order valence-corrected chi connectivity index (χ2v) is 7.26. The minimum atomic E-state index is 0.551. The molecule has 0 aromatic carbocycles. The van der Waals surface area contributed by atoms with Crippen LogP contribution >= 0.6 is 0 Å². The van der Waals surface area contributed by atoms with Crippen molar-refractivity contribution in [3.63, 3.8) is 0 Å². The molecule has 0 radical (unpaired) electrons. The Hall–Kier alpha value is -0.900. The molecular formula is C16H25N3O. The fourth-order valence-corrected chi connectivity index (χ4v) is 4.79. The first-order chi connectivity index (χ1) is 9.74. The van der Waals surface area contributed by atoms with Gasteiger partial charge in [-0.25, -0.2) is 0 Å². The third kappa shape index (κ3) is 2.09. The van der Waals surface area contributed by atoms with Crippen molar-refractivity contribution in [1.29, 1.82) is 0 Å². The monoisotopic (exact) mass is 275 g/mol. The average molecular weight is 275 g/mol. The zero-order valence-corrected chi connectivity index (χ0v) is 12.5. The lowest BCUT2D eigenvalue weighted by atomic mass is 10.0. The SMILES string of the molecule is CC(C)NCCCc1nnc(C2C3C4CCC(C4)C23)o1. The van der Waals surface area contributed by atoms with Gasteiger partial charge >= 0.3 is 0 Å². The van der Waals surface area contributed by atoms with Crippen LogP contribution < -0.4 is 5.32 Å². The van der Waals surface area contributed by atoms with Crippen LogP contribution in [0.1, 0.15) is 57.2 Å². The molecule has 0 spiro atoms. The van der Waals surface area contributed by atoms with Crippen LogP contribution in [0.4, 0.5) is 0 Å². The number of hydrogen-bond acceptors (Lipinski definition) is 4. The van der Waals surface area contributed by atoms with Crippen molar-refractivity contribution in [3.8, 4) is 0 Å². The Morgan fingerprint density at radius 2 is 1.95 bits per heavy atom. The molecule has 0 aliphatic heterocycles. The molecule has 1 heterocycles. The van der Waals surface area contributed by atoms with Crippen molar-refractivity contribution in [2.75, 3.05) is 6.54 Å². The number of hydrogen-bond donors (Lipinski definition) is 1. The highest BCUT2D eigenvalue weighted by atomic mass is 16.4. The van der Waals surface area contributed by atoms with E-state index in [9.17, 15) is 0 Å². The third-order valence-electron chi connectivity index (χ3n) is 5.62. The lowest BCUT2D eigenvalue weighted by Gasteiger charge is -2.06. The summed E-state index contributed by atoms with van der Waals surface area (Å²) in [4.78, 5) is 0. The van der Waals surface area contributed by atoms with Gasteiger partial charge in [0.2, 0.25) is 11.8 Å². The molecule has 4 unspecified atom stereocenters. The van der Waals surface area contributed by atoms with Crippen LogP contribution in [0, 0.1) is 23.7 Å². The fraction of sp³-hybridized carbons (Fsp3) is 0.875. The largest absolute Gasteiger partial charge is 0.425 e. The van der Waals surface area contributed by atoms with Crippen molar-refractivity contribution >= 4 is 0 Å². The van der Waals surface area contributed by atoms with Crippen molar-refractivity contribution in [3.05, 3.63) is 11.8 Å². The number of nitrogens with zero attached hydrogens (tertiary/aromatic N) is 2. The minimum Gasteiger partial charge on any atom is -0.425 e. The first-order valence-corrected chi connectivity index (χ1v) is 8.29. The molecule has 0 saturated heterocycles. The fourth-order valence-electron chi connectivity index (χ4n) is 4.79. The molecule has 4 rings (SSSR count). The summed E-state index contributed by atoms with van der Waals surface area (Å²) in [6.45, 7) is 5.37. The Labute approximate surface area is 120 Å². The molecule has 0 amide bonds. The van der Waals surface area contributed by atoms with Gasteiger partial charge in [0.15, 0.2) is 0 Å². The van der Waals surface area contributed by atoms with Gasteiger partial charge in [-0.05, 0) is 55.9 Å². The van der Waals surface area contributed by atoms with E-state index in [1.807, 2.05) is 0 Å². The van der Waals surface area contributed by atoms with Crippen molar-refractivity contribution in [1.82, 2.24) is 15.5 Å². The molecule has 110 valence electrons. The van der Waals surface area contributed by atoms with Gasteiger partial charge in [-0.1, -0.05) is 13.8 Å². The van der Waals surface area contributed by atoms with E-state index < -0.39 is 0 Å². The van der Waals surface area contributed by atoms with E-state index in [0.717, 1.165) is 54.8 Å². The molecular weight excluding hydrogens is 250 g/mol. The van der Waals surface area contributed by atoms with Crippen molar-refractivity contribution in [2.24, 2.45) is 23.7 Å². The molecule has 1 aromatic heterocycles. The maximum Gasteiger partial charge on any atom is 0.220 e. The highest BCUT2D eigenvalue weighted by molar-refractivity contribution is 5.22. The standard InChI is InChI=1S/C16H25N3O/c1-9(2)17-7-3-4-12-18-19-16(20-12)15-13-10-5-6-11(8-10)14(13)15/h9-11,13-15,17H,3-8H2,1-2H3. The summed E-state index contributed by atoms with van der Waals surface area (Å²) in [5.41, 5.74) is 0. The Balaban J connectivity index is 1.31. The van der Waals surface area contributed by atoms with Crippen molar-refractivity contribution in [2.45, 2.75) is 57.9 Å². The van der Waals surface area contributed by atoms with Crippen LogP contribution in [0.3, 0.4) is 0 Å². The van der Waals surface area contributed by atoms with Gasteiger partial charge in [0.05, 0.1) is 0 Å². The van der Waals surface area contributed by atoms with E-state index in [-0.39, 0.29) is 0 Å². The van der Waals surface area contributed by atoms with E-state index in [1.54, 1.807) is 0 Å². The van der Waals surface area contributed by atoms with Crippen molar-refractivity contribution < 1.29 is 4.42 Å². The van der Waals surface area contributed by atoms with E-state index in [0.29, 0.717) is 12.0 Å². The Kier molecular flexibility index (Phi) is 3.09. The number of nitrogens with one attached hydrogen (secondary N) is 1. The number of aromatic nitrogens is 2. The summed E-state index contributed by atoms with van der Waals surface area (Å²) in [6.07, 6.45) is 6.35. The lowest BCUT2D eigenvalue weighted by Crippen LogP contribution is -2.23. The number of fused-ring (bicyclic) bond motifs is 5. The lowest BCUT2D eigenvalue weighted by molar-refractivity contribution is 0.405. The topological polar surface area (TPSA) is 51.0 Å². The molecule has 3 aliphatic carbocycles. The van der Waals surface area contributed by atoms with E-state index in [2.05, 4.69) is 29.4 Å². The molecule has 4 nitrogen and oxygen atoms in total.